The molecule has 5 rings (SSSR count). The molecular weight excluding hydrogens is 550 g/mol. The van der Waals surface area contributed by atoms with Gasteiger partial charge in [0, 0.05) is 26.3 Å². The van der Waals surface area contributed by atoms with Gasteiger partial charge in [0.05, 0.1) is 24.6 Å². The van der Waals surface area contributed by atoms with Crippen LogP contribution in [0.2, 0.25) is 0 Å². The van der Waals surface area contributed by atoms with Gasteiger partial charge in [0.15, 0.2) is 0 Å². The lowest BCUT2D eigenvalue weighted by molar-refractivity contribution is 0.415. The highest BCUT2D eigenvalue weighted by atomic mass is 79.9. The summed E-state index contributed by atoms with van der Waals surface area (Å²) in [7, 11) is 1.68. The molecule has 4 aromatic rings. The van der Waals surface area contributed by atoms with Crippen molar-refractivity contribution in [2.24, 2.45) is 5.10 Å². The SMILES string of the molecule is COc1ccc(C2=NN(c3nc(-c4ccc(Br)cc4)cs3)C(c3ccc(Br)cc3)C2)cc1. The number of thiazole rings is 1. The predicted octanol–water partition coefficient (Wildman–Crippen LogP) is 7.70. The first-order valence-electron chi connectivity index (χ1n) is 10.1. The fourth-order valence-corrected chi connectivity index (χ4v) is 5.07. The average Bonchev–Trinajstić information content (AvgIpc) is 3.48. The number of nitrogens with zero attached hydrogens (tertiary/aromatic N) is 3. The highest BCUT2D eigenvalue weighted by Crippen LogP contribution is 2.39. The summed E-state index contributed by atoms with van der Waals surface area (Å²) in [5.41, 5.74) is 5.40. The van der Waals surface area contributed by atoms with Crippen molar-refractivity contribution >= 4 is 54.0 Å². The van der Waals surface area contributed by atoms with Crippen LogP contribution in [-0.2, 0) is 0 Å². The highest BCUT2D eigenvalue weighted by Gasteiger charge is 2.31. The Hall–Kier alpha value is -2.48. The molecule has 0 radical (unpaired) electrons. The first kappa shape index (κ1) is 21.4. The first-order valence-corrected chi connectivity index (χ1v) is 12.6. The topological polar surface area (TPSA) is 37.7 Å². The molecule has 160 valence electrons. The van der Waals surface area contributed by atoms with E-state index in [1.54, 1.807) is 18.4 Å². The molecule has 1 atom stereocenters. The van der Waals surface area contributed by atoms with E-state index in [-0.39, 0.29) is 6.04 Å². The molecule has 0 spiro atoms. The van der Waals surface area contributed by atoms with Crippen molar-refractivity contribution in [2.75, 3.05) is 12.1 Å². The minimum Gasteiger partial charge on any atom is -0.497 e. The lowest BCUT2D eigenvalue weighted by Crippen LogP contribution is -2.18. The summed E-state index contributed by atoms with van der Waals surface area (Å²) in [6.45, 7) is 0. The van der Waals surface area contributed by atoms with Gasteiger partial charge in [-0.2, -0.15) is 5.10 Å². The number of methoxy groups -OCH3 is 1. The van der Waals surface area contributed by atoms with Gasteiger partial charge in [-0.1, -0.05) is 56.1 Å². The van der Waals surface area contributed by atoms with Crippen molar-refractivity contribution in [3.63, 3.8) is 0 Å². The second-order valence-corrected chi connectivity index (χ2v) is 10.1. The molecular formula is C25H19Br2N3OS. The van der Waals surface area contributed by atoms with Crippen LogP contribution in [0.5, 0.6) is 5.75 Å². The minimum absolute atomic E-state index is 0.0871. The normalized spacial score (nSPS) is 15.7. The van der Waals surface area contributed by atoms with Crippen LogP contribution in [0.25, 0.3) is 11.3 Å². The molecule has 1 unspecified atom stereocenters. The number of hydrogen-bond acceptors (Lipinski definition) is 5. The van der Waals surface area contributed by atoms with Crippen molar-refractivity contribution in [3.8, 4) is 17.0 Å². The van der Waals surface area contributed by atoms with Crippen LogP contribution in [0.4, 0.5) is 5.13 Å². The van der Waals surface area contributed by atoms with Gasteiger partial charge in [0.1, 0.15) is 5.75 Å². The number of anilines is 1. The Kier molecular flexibility index (Phi) is 6.13. The third-order valence-electron chi connectivity index (χ3n) is 5.42. The molecule has 1 aliphatic rings. The molecule has 1 aliphatic heterocycles. The zero-order valence-electron chi connectivity index (χ0n) is 17.2. The van der Waals surface area contributed by atoms with Gasteiger partial charge in [-0.15, -0.1) is 11.3 Å². The standard InChI is InChI=1S/C25H19Br2N3OS/c1-31-21-12-6-16(7-13-21)22-14-24(18-4-10-20(27)11-5-18)30(29-22)25-28-23(15-32-25)17-2-8-19(26)9-3-17/h2-13,15,24H,14H2,1H3. The number of hydrazone groups is 1. The average molecular weight is 569 g/mol. The summed E-state index contributed by atoms with van der Waals surface area (Å²) in [6.07, 6.45) is 0.807. The van der Waals surface area contributed by atoms with E-state index in [4.69, 9.17) is 14.8 Å². The quantitative estimate of drug-likeness (QED) is 0.247. The summed E-state index contributed by atoms with van der Waals surface area (Å²) >= 11 is 8.66. The second kappa shape index (κ2) is 9.17. The van der Waals surface area contributed by atoms with Gasteiger partial charge >= 0.3 is 0 Å². The summed E-state index contributed by atoms with van der Waals surface area (Å²) < 4.78 is 7.43. The van der Waals surface area contributed by atoms with E-state index >= 15 is 0 Å². The molecule has 32 heavy (non-hydrogen) atoms. The van der Waals surface area contributed by atoms with Crippen LogP contribution in [0.15, 0.2) is 92.2 Å². The van der Waals surface area contributed by atoms with Gasteiger partial charge in [-0.05, 0) is 59.7 Å². The molecule has 0 N–H and O–H groups in total. The van der Waals surface area contributed by atoms with Crippen LogP contribution in [0.3, 0.4) is 0 Å². The van der Waals surface area contributed by atoms with Crippen LogP contribution in [0, 0.1) is 0 Å². The first-order chi connectivity index (χ1) is 15.6. The molecule has 0 fully saturated rings. The van der Waals surface area contributed by atoms with E-state index in [0.29, 0.717) is 0 Å². The van der Waals surface area contributed by atoms with Gasteiger partial charge in [0.25, 0.3) is 0 Å². The van der Waals surface area contributed by atoms with E-state index in [1.807, 2.05) is 24.3 Å². The monoisotopic (exact) mass is 567 g/mol. The van der Waals surface area contributed by atoms with Crippen molar-refractivity contribution in [3.05, 3.63) is 98.2 Å². The van der Waals surface area contributed by atoms with Gasteiger partial charge in [-0.3, -0.25) is 0 Å². The van der Waals surface area contributed by atoms with Crippen LogP contribution in [-0.4, -0.2) is 17.8 Å². The maximum absolute atomic E-state index is 5.31. The molecule has 7 heteroatoms. The minimum atomic E-state index is 0.0871. The zero-order valence-corrected chi connectivity index (χ0v) is 21.2. The number of hydrogen-bond donors (Lipinski definition) is 0. The van der Waals surface area contributed by atoms with Crippen LogP contribution in [0.1, 0.15) is 23.6 Å². The Labute approximate surface area is 207 Å². The van der Waals surface area contributed by atoms with Crippen molar-refractivity contribution in [1.29, 1.82) is 0 Å². The van der Waals surface area contributed by atoms with Gasteiger partial charge in [0.2, 0.25) is 5.13 Å². The van der Waals surface area contributed by atoms with E-state index in [1.165, 1.54) is 5.56 Å². The summed E-state index contributed by atoms with van der Waals surface area (Å²) in [5, 5.41) is 10.1. The van der Waals surface area contributed by atoms with Crippen molar-refractivity contribution < 1.29 is 4.74 Å². The summed E-state index contributed by atoms with van der Waals surface area (Å²) in [6, 6.07) is 24.8. The lowest BCUT2D eigenvalue weighted by Gasteiger charge is -2.21. The molecule has 2 heterocycles. The molecule has 4 nitrogen and oxygen atoms in total. The van der Waals surface area contributed by atoms with Crippen molar-refractivity contribution in [1.82, 2.24) is 4.98 Å². The third kappa shape index (κ3) is 4.37. The Balaban J connectivity index is 1.51. The lowest BCUT2D eigenvalue weighted by atomic mass is 9.98. The van der Waals surface area contributed by atoms with E-state index in [0.717, 1.165) is 48.8 Å². The molecule has 0 aliphatic carbocycles. The molecule has 0 amide bonds. The molecule has 0 bridgehead atoms. The number of benzene rings is 3. The van der Waals surface area contributed by atoms with Crippen LogP contribution < -0.4 is 9.75 Å². The smallest absolute Gasteiger partial charge is 0.207 e. The van der Waals surface area contributed by atoms with Gasteiger partial charge in [-0.25, -0.2) is 9.99 Å². The van der Waals surface area contributed by atoms with E-state index in [2.05, 4.69) is 90.8 Å². The Morgan fingerprint density at radius 1 is 0.875 bits per heavy atom. The fraction of sp³-hybridized carbons (Fsp3) is 0.120. The maximum Gasteiger partial charge on any atom is 0.207 e. The number of aromatic nitrogens is 1. The molecule has 1 aromatic heterocycles. The third-order valence-corrected chi connectivity index (χ3v) is 7.30. The second-order valence-electron chi connectivity index (χ2n) is 7.41. The number of halogens is 2. The fourth-order valence-electron chi connectivity index (χ4n) is 3.71. The van der Waals surface area contributed by atoms with E-state index in [9.17, 15) is 0 Å². The van der Waals surface area contributed by atoms with Crippen molar-refractivity contribution in [2.45, 2.75) is 12.5 Å². The molecule has 0 saturated carbocycles. The Morgan fingerprint density at radius 2 is 1.50 bits per heavy atom. The number of ether oxygens (including phenoxy) is 1. The largest absolute Gasteiger partial charge is 0.497 e. The van der Waals surface area contributed by atoms with E-state index < -0.39 is 0 Å². The Morgan fingerprint density at radius 3 is 2.16 bits per heavy atom. The Bertz CT molecular complexity index is 1250. The highest BCUT2D eigenvalue weighted by molar-refractivity contribution is 9.10. The zero-order chi connectivity index (χ0) is 22.1. The van der Waals surface area contributed by atoms with Crippen LogP contribution >= 0.6 is 43.2 Å². The number of rotatable bonds is 5. The molecule has 0 saturated heterocycles. The maximum atomic E-state index is 5.31. The molecule has 3 aromatic carbocycles. The summed E-state index contributed by atoms with van der Waals surface area (Å²) in [5.74, 6) is 0.840. The summed E-state index contributed by atoms with van der Waals surface area (Å²) in [4.78, 5) is 4.93. The van der Waals surface area contributed by atoms with Gasteiger partial charge < -0.3 is 4.74 Å². The predicted molar refractivity (Wildman–Crippen MR) is 139 cm³/mol.